The van der Waals surface area contributed by atoms with E-state index in [2.05, 4.69) is 20.2 Å². The van der Waals surface area contributed by atoms with Crippen LogP contribution in [-0.4, -0.2) is 61.4 Å². The van der Waals surface area contributed by atoms with Gasteiger partial charge < -0.3 is 24.3 Å². The van der Waals surface area contributed by atoms with Crippen molar-refractivity contribution < 1.29 is 27.7 Å². The molecule has 1 N–H and O–H groups in total. The van der Waals surface area contributed by atoms with Gasteiger partial charge in [0, 0.05) is 31.4 Å². The summed E-state index contributed by atoms with van der Waals surface area (Å²) in [5.41, 5.74) is 1.85. The number of hydrogen-bond acceptors (Lipinski definition) is 8. The number of ether oxygens (including phenoxy) is 4. The van der Waals surface area contributed by atoms with E-state index in [0.29, 0.717) is 12.6 Å². The third kappa shape index (κ3) is 6.38. The fourth-order valence-electron chi connectivity index (χ4n) is 3.76. The van der Waals surface area contributed by atoms with E-state index in [1.165, 1.54) is 32.5 Å². The van der Waals surface area contributed by atoms with Crippen molar-refractivity contribution in [2.45, 2.75) is 20.5 Å². The topological polar surface area (TPSA) is 78.0 Å². The van der Waals surface area contributed by atoms with Gasteiger partial charge in [0.2, 0.25) is 5.95 Å². The van der Waals surface area contributed by atoms with Crippen LogP contribution in [0.25, 0.3) is 0 Å². The average Bonchev–Trinajstić information content (AvgIpc) is 2.89. The standard InChI is InChI=1S/C26H30F2N4O4/c1-17-4-5-19(13-22(17)35-11-8-32-6-9-34-10-7-32)31-26-29-14-20(15-30-26)36-16-21-24(27)18(2)12-23(33-3)25(21)28/h4-5,12-15H,6-11,16H2,1-3H3,(H,29,30,31). The zero-order valence-corrected chi connectivity index (χ0v) is 20.6. The summed E-state index contributed by atoms with van der Waals surface area (Å²) in [7, 11) is 1.33. The van der Waals surface area contributed by atoms with Crippen molar-refractivity contribution >= 4 is 11.6 Å². The van der Waals surface area contributed by atoms with Crippen molar-refractivity contribution in [1.82, 2.24) is 14.9 Å². The molecule has 0 unspecified atom stereocenters. The SMILES string of the molecule is COc1cc(C)c(F)c(COc2cnc(Nc3ccc(C)c(OCCN4CCOCC4)c3)nc2)c1F. The lowest BCUT2D eigenvalue weighted by Gasteiger charge is -2.26. The van der Waals surface area contributed by atoms with Crippen LogP contribution in [0.5, 0.6) is 17.2 Å². The predicted molar refractivity (Wildman–Crippen MR) is 131 cm³/mol. The molecule has 0 aliphatic carbocycles. The Morgan fingerprint density at radius 2 is 1.72 bits per heavy atom. The molecule has 4 rings (SSSR count). The van der Waals surface area contributed by atoms with Crippen LogP contribution in [0.15, 0.2) is 36.7 Å². The number of methoxy groups -OCH3 is 1. The van der Waals surface area contributed by atoms with Gasteiger partial charge >= 0.3 is 0 Å². The molecular formula is C26H30F2N4O4. The maximum atomic E-state index is 14.5. The van der Waals surface area contributed by atoms with Gasteiger partial charge in [-0.3, -0.25) is 4.90 Å². The van der Waals surface area contributed by atoms with Crippen LogP contribution in [0, 0.1) is 25.5 Å². The van der Waals surface area contributed by atoms with Gasteiger partial charge in [0.1, 0.15) is 24.8 Å². The minimum absolute atomic E-state index is 0.0363. The molecule has 8 nitrogen and oxygen atoms in total. The van der Waals surface area contributed by atoms with Crippen molar-refractivity contribution in [1.29, 1.82) is 0 Å². The molecule has 0 amide bonds. The lowest BCUT2D eigenvalue weighted by atomic mass is 10.1. The Labute approximate surface area is 209 Å². The van der Waals surface area contributed by atoms with Crippen molar-refractivity contribution in [2.75, 3.05) is 51.9 Å². The van der Waals surface area contributed by atoms with Crippen LogP contribution in [0.3, 0.4) is 0 Å². The zero-order chi connectivity index (χ0) is 25.5. The smallest absolute Gasteiger partial charge is 0.227 e. The third-order valence-corrected chi connectivity index (χ3v) is 5.88. The van der Waals surface area contributed by atoms with E-state index >= 15 is 0 Å². The second kappa shape index (κ2) is 12.0. The highest BCUT2D eigenvalue weighted by molar-refractivity contribution is 5.57. The molecule has 1 aliphatic rings. The monoisotopic (exact) mass is 500 g/mol. The van der Waals surface area contributed by atoms with Crippen LogP contribution in [0.1, 0.15) is 16.7 Å². The molecule has 0 spiro atoms. The Kier molecular flexibility index (Phi) is 8.50. The molecule has 10 heteroatoms. The van der Waals surface area contributed by atoms with Crippen LogP contribution in [0.2, 0.25) is 0 Å². The van der Waals surface area contributed by atoms with E-state index in [4.69, 9.17) is 18.9 Å². The number of halogens is 2. The summed E-state index contributed by atoms with van der Waals surface area (Å²) < 4.78 is 50.7. The summed E-state index contributed by atoms with van der Waals surface area (Å²) in [5, 5.41) is 3.13. The van der Waals surface area contributed by atoms with Gasteiger partial charge in [-0.2, -0.15) is 0 Å². The number of anilines is 2. The first kappa shape index (κ1) is 25.6. The molecular weight excluding hydrogens is 470 g/mol. The molecule has 2 heterocycles. The summed E-state index contributed by atoms with van der Waals surface area (Å²) >= 11 is 0. The molecule has 0 atom stereocenters. The largest absolute Gasteiger partial charge is 0.494 e. The fraction of sp³-hybridized carbons (Fsp3) is 0.385. The van der Waals surface area contributed by atoms with Gasteiger partial charge in [0.15, 0.2) is 17.3 Å². The minimum atomic E-state index is -0.790. The number of nitrogens with zero attached hydrogens (tertiary/aromatic N) is 3. The first-order chi connectivity index (χ1) is 17.4. The summed E-state index contributed by atoms with van der Waals surface area (Å²) in [4.78, 5) is 10.8. The van der Waals surface area contributed by atoms with Gasteiger partial charge in [0.05, 0.1) is 38.3 Å². The van der Waals surface area contributed by atoms with Crippen molar-refractivity contribution in [3.63, 3.8) is 0 Å². The normalized spacial score (nSPS) is 13.9. The summed E-state index contributed by atoms with van der Waals surface area (Å²) in [6, 6.07) is 7.08. The second-order valence-corrected chi connectivity index (χ2v) is 8.44. The highest BCUT2D eigenvalue weighted by atomic mass is 19.1. The van der Waals surface area contributed by atoms with E-state index < -0.39 is 11.6 Å². The van der Waals surface area contributed by atoms with E-state index in [1.54, 1.807) is 0 Å². The Balaban J connectivity index is 1.34. The number of morpholine rings is 1. The summed E-state index contributed by atoms with van der Waals surface area (Å²) in [5.74, 6) is -0.0930. The van der Waals surface area contributed by atoms with Crippen LogP contribution in [0.4, 0.5) is 20.4 Å². The Morgan fingerprint density at radius 1 is 0.972 bits per heavy atom. The molecule has 0 radical (unpaired) electrons. The zero-order valence-electron chi connectivity index (χ0n) is 20.6. The van der Waals surface area contributed by atoms with E-state index in [1.807, 2.05) is 25.1 Å². The Hall–Kier alpha value is -3.50. The number of aromatic nitrogens is 2. The van der Waals surface area contributed by atoms with Gasteiger partial charge in [-0.25, -0.2) is 18.7 Å². The maximum absolute atomic E-state index is 14.5. The lowest BCUT2D eigenvalue weighted by Crippen LogP contribution is -2.38. The molecule has 1 aromatic heterocycles. The molecule has 0 bridgehead atoms. The summed E-state index contributed by atoms with van der Waals surface area (Å²) in [6.07, 6.45) is 2.87. The molecule has 0 saturated carbocycles. The van der Waals surface area contributed by atoms with Crippen molar-refractivity contribution in [2.24, 2.45) is 0 Å². The lowest BCUT2D eigenvalue weighted by molar-refractivity contribution is 0.0322. The van der Waals surface area contributed by atoms with Crippen LogP contribution in [-0.2, 0) is 11.3 Å². The molecule has 3 aromatic rings. The summed E-state index contributed by atoms with van der Waals surface area (Å²) in [6.45, 7) is 7.99. The van der Waals surface area contributed by atoms with Gasteiger partial charge in [0.25, 0.3) is 0 Å². The highest BCUT2D eigenvalue weighted by Crippen LogP contribution is 2.28. The van der Waals surface area contributed by atoms with Crippen LogP contribution < -0.4 is 19.5 Å². The highest BCUT2D eigenvalue weighted by Gasteiger charge is 2.18. The van der Waals surface area contributed by atoms with Gasteiger partial charge in [-0.05, 0) is 37.1 Å². The number of aryl methyl sites for hydroxylation is 2. The molecule has 192 valence electrons. The molecule has 1 aliphatic heterocycles. The predicted octanol–water partition coefficient (Wildman–Crippen LogP) is 4.41. The number of benzene rings is 2. The third-order valence-electron chi connectivity index (χ3n) is 5.88. The van der Waals surface area contributed by atoms with E-state index in [0.717, 1.165) is 49.8 Å². The number of rotatable bonds is 10. The minimum Gasteiger partial charge on any atom is -0.494 e. The molecule has 2 aromatic carbocycles. The average molecular weight is 501 g/mol. The van der Waals surface area contributed by atoms with Gasteiger partial charge in [-0.1, -0.05) is 6.07 Å². The quantitative estimate of drug-likeness (QED) is 0.439. The molecule has 36 heavy (non-hydrogen) atoms. The van der Waals surface area contributed by atoms with Crippen molar-refractivity contribution in [3.8, 4) is 17.2 Å². The number of nitrogens with one attached hydrogen (secondary N) is 1. The first-order valence-electron chi connectivity index (χ1n) is 11.7. The van der Waals surface area contributed by atoms with Gasteiger partial charge in [-0.15, -0.1) is 0 Å². The fourth-order valence-corrected chi connectivity index (χ4v) is 3.76. The van der Waals surface area contributed by atoms with E-state index in [-0.39, 0.29) is 29.2 Å². The number of hydrogen-bond donors (Lipinski definition) is 1. The van der Waals surface area contributed by atoms with Crippen molar-refractivity contribution in [3.05, 3.63) is 65.0 Å². The molecule has 1 saturated heterocycles. The molecule has 1 fully saturated rings. The second-order valence-electron chi connectivity index (χ2n) is 8.44. The first-order valence-corrected chi connectivity index (χ1v) is 11.7. The Morgan fingerprint density at radius 3 is 2.44 bits per heavy atom. The Bertz CT molecular complexity index is 1170. The van der Waals surface area contributed by atoms with E-state index in [9.17, 15) is 8.78 Å². The van der Waals surface area contributed by atoms with Crippen LogP contribution >= 0.6 is 0 Å². The maximum Gasteiger partial charge on any atom is 0.227 e.